The number of rotatable bonds is 5. The first-order valence-corrected chi connectivity index (χ1v) is 11.2. The zero-order valence-corrected chi connectivity index (χ0v) is 19.7. The van der Waals surface area contributed by atoms with E-state index < -0.39 is 5.25 Å². The summed E-state index contributed by atoms with van der Waals surface area (Å²) < 4.78 is 2.44. The first kappa shape index (κ1) is 21.9. The number of halogens is 2. The van der Waals surface area contributed by atoms with E-state index in [4.69, 9.17) is 11.6 Å². The number of aryl methyl sites for hydroxylation is 1. The highest BCUT2D eigenvalue weighted by molar-refractivity contribution is 9.10. The second-order valence-electron chi connectivity index (χ2n) is 7.06. The summed E-state index contributed by atoms with van der Waals surface area (Å²) in [6.45, 7) is 7.62. The van der Waals surface area contributed by atoms with Crippen molar-refractivity contribution in [2.75, 3.05) is 5.32 Å². The first-order valence-electron chi connectivity index (χ1n) is 9.13. The van der Waals surface area contributed by atoms with Crippen molar-refractivity contribution in [2.24, 2.45) is 0 Å². The van der Waals surface area contributed by atoms with Gasteiger partial charge in [0.2, 0.25) is 5.91 Å². The van der Waals surface area contributed by atoms with E-state index in [1.54, 1.807) is 29.7 Å². The Hall–Kier alpha value is -1.83. The van der Waals surface area contributed by atoms with E-state index >= 15 is 0 Å². The van der Waals surface area contributed by atoms with Crippen molar-refractivity contribution >= 4 is 61.8 Å². The van der Waals surface area contributed by atoms with Gasteiger partial charge in [0.1, 0.15) is 0 Å². The summed E-state index contributed by atoms with van der Waals surface area (Å²) in [7, 11) is 0. The van der Waals surface area contributed by atoms with Crippen molar-refractivity contribution in [1.82, 2.24) is 9.55 Å². The zero-order chi connectivity index (χ0) is 21.3. The summed E-state index contributed by atoms with van der Waals surface area (Å²) in [6, 6.07) is 10.7. The van der Waals surface area contributed by atoms with Gasteiger partial charge in [-0.3, -0.25) is 14.2 Å². The molecule has 152 valence electrons. The van der Waals surface area contributed by atoms with Crippen LogP contribution >= 0.6 is 39.3 Å². The molecule has 0 aliphatic heterocycles. The molecule has 0 fully saturated rings. The van der Waals surface area contributed by atoms with E-state index in [2.05, 4.69) is 26.2 Å². The second-order valence-corrected chi connectivity index (χ2v) is 9.66. The number of hydrogen-bond acceptors (Lipinski definition) is 4. The van der Waals surface area contributed by atoms with Crippen LogP contribution < -0.4 is 10.9 Å². The molecule has 3 rings (SSSR count). The number of aromatic nitrogens is 2. The second kappa shape index (κ2) is 8.90. The van der Waals surface area contributed by atoms with Crippen molar-refractivity contribution in [3.63, 3.8) is 0 Å². The fourth-order valence-corrected chi connectivity index (χ4v) is 4.66. The molecule has 0 radical (unpaired) electrons. The highest BCUT2D eigenvalue weighted by atomic mass is 79.9. The summed E-state index contributed by atoms with van der Waals surface area (Å²) in [6.07, 6.45) is 0. The van der Waals surface area contributed by atoms with Gasteiger partial charge in [-0.2, -0.15) is 0 Å². The van der Waals surface area contributed by atoms with Crippen molar-refractivity contribution < 1.29 is 4.79 Å². The lowest BCUT2D eigenvalue weighted by Gasteiger charge is -2.19. The summed E-state index contributed by atoms with van der Waals surface area (Å²) >= 11 is 10.8. The average Bonchev–Trinajstić information content (AvgIpc) is 2.63. The van der Waals surface area contributed by atoms with Crippen LogP contribution in [-0.4, -0.2) is 20.7 Å². The molecule has 0 aliphatic carbocycles. The SMILES string of the molecule is Cc1ccc(NC(=O)[C@@H](C)Sc2nc3cc(Cl)ccc3c(=O)n2C(C)C)c(Br)c1. The number of nitrogens with zero attached hydrogens (tertiary/aromatic N) is 2. The zero-order valence-electron chi connectivity index (χ0n) is 16.5. The number of fused-ring (bicyclic) bond motifs is 1. The monoisotopic (exact) mass is 493 g/mol. The number of carbonyl (C=O) groups excluding carboxylic acids is 1. The third-order valence-electron chi connectivity index (χ3n) is 4.38. The standard InChI is InChI=1S/C21H21BrClN3O2S/c1-11(2)26-20(28)15-7-6-14(23)10-18(15)25-21(26)29-13(4)19(27)24-17-8-5-12(3)9-16(17)22/h5-11,13H,1-4H3,(H,24,27)/t13-/m1/s1. The predicted octanol–water partition coefficient (Wildman–Crippen LogP) is 5.82. The number of benzene rings is 2. The molecule has 0 saturated heterocycles. The average molecular weight is 495 g/mol. The Morgan fingerprint density at radius 3 is 2.59 bits per heavy atom. The Kier molecular flexibility index (Phi) is 6.71. The fraction of sp³-hybridized carbons (Fsp3) is 0.286. The van der Waals surface area contributed by atoms with Crippen molar-refractivity contribution in [2.45, 2.75) is 44.1 Å². The molecular weight excluding hydrogens is 474 g/mol. The molecular formula is C21H21BrClN3O2S. The van der Waals surface area contributed by atoms with Crippen LogP contribution in [0.4, 0.5) is 5.69 Å². The van der Waals surface area contributed by atoms with E-state index in [1.807, 2.05) is 39.0 Å². The molecule has 0 spiro atoms. The predicted molar refractivity (Wildman–Crippen MR) is 124 cm³/mol. The lowest BCUT2D eigenvalue weighted by Crippen LogP contribution is -2.28. The summed E-state index contributed by atoms with van der Waals surface area (Å²) in [5, 5.41) is 3.97. The molecule has 1 aromatic heterocycles. The van der Waals surface area contributed by atoms with Gasteiger partial charge in [0.15, 0.2) is 5.16 Å². The maximum atomic E-state index is 13.0. The van der Waals surface area contributed by atoms with Crippen molar-refractivity contribution in [3.8, 4) is 0 Å². The number of anilines is 1. The van der Waals surface area contributed by atoms with E-state index in [1.165, 1.54) is 11.8 Å². The van der Waals surface area contributed by atoms with E-state index in [-0.39, 0.29) is 17.5 Å². The van der Waals surface area contributed by atoms with Crippen LogP contribution in [0.5, 0.6) is 0 Å². The molecule has 8 heteroatoms. The lowest BCUT2D eigenvalue weighted by atomic mass is 10.2. The maximum Gasteiger partial charge on any atom is 0.262 e. The van der Waals surface area contributed by atoms with Crippen molar-refractivity contribution in [1.29, 1.82) is 0 Å². The lowest BCUT2D eigenvalue weighted by molar-refractivity contribution is -0.115. The fourth-order valence-electron chi connectivity index (χ4n) is 2.86. The first-order chi connectivity index (χ1) is 13.7. The normalized spacial score (nSPS) is 12.4. The van der Waals surface area contributed by atoms with Crippen LogP contribution in [0.2, 0.25) is 5.02 Å². The highest BCUT2D eigenvalue weighted by Crippen LogP contribution is 2.28. The Bertz CT molecular complexity index is 1150. The van der Waals surface area contributed by atoms with E-state index in [0.29, 0.717) is 26.8 Å². The Morgan fingerprint density at radius 2 is 1.93 bits per heavy atom. The van der Waals surface area contributed by atoms with Crippen molar-refractivity contribution in [3.05, 3.63) is 61.8 Å². The third kappa shape index (κ3) is 4.85. The van der Waals surface area contributed by atoms with Crippen LogP contribution in [0.1, 0.15) is 32.4 Å². The quantitative estimate of drug-likeness (QED) is 0.358. The van der Waals surface area contributed by atoms with Crippen LogP contribution in [0.3, 0.4) is 0 Å². The van der Waals surface area contributed by atoms with Crippen LogP contribution in [0.15, 0.2) is 50.8 Å². The number of thioether (sulfide) groups is 1. The third-order valence-corrected chi connectivity index (χ3v) is 6.34. The van der Waals surface area contributed by atoms with E-state index in [0.717, 1.165) is 10.0 Å². The van der Waals surface area contributed by atoms with Crippen LogP contribution in [0.25, 0.3) is 10.9 Å². The van der Waals surface area contributed by atoms with Gasteiger partial charge in [-0.25, -0.2) is 4.98 Å². The van der Waals surface area contributed by atoms with Gasteiger partial charge in [-0.05, 0) is 79.5 Å². The summed E-state index contributed by atoms with van der Waals surface area (Å²) in [5.74, 6) is -0.171. The summed E-state index contributed by atoms with van der Waals surface area (Å²) in [5.41, 5.74) is 2.18. The van der Waals surface area contributed by atoms with Crippen LogP contribution in [-0.2, 0) is 4.79 Å². The van der Waals surface area contributed by atoms with Gasteiger partial charge in [0.25, 0.3) is 5.56 Å². The van der Waals surface area contributed by atoms with Gasteiger partial charge in [0.05, 0.1) is 21.8 Å². The number of carbonyl (C=O) groups is 1. The summed E-state index contributed by atoms with van der Waals surface area (Å²) in [4.78, 5) is 30.4. The number of hydrogen-bond donors (Lipinski definition) is 1. The van der Waals surface area contributed by atoms with Gasteiger partial charge in [0, 0.05) is 15.5 Å². The molecule has 2 aromatic carbocycles. The smallest absolute Gasteiger partial charge is 0.262 e. The molecule has 1 heterocycles. The number of nitrogens with one attached hydrogen (secondary N) is 1. The molecule has 1 atom stereocenters. The molecule has 29 heavy (non-hydrogen) atoms. The van der Waals surface area contributed by atoms with E-state index in [9.17, 15) is 9.59 Å². The molecule has 3 aromatic rings. The maximum absolute atomic E-state index is 13.0. The Morgan fingerprint density at radius 1 is 1.21 bits per heavy atom. The molecule has 5 nitrogen and oxygen atoms in total. The van der Waals surface area contributed by atoms with Gasteiger partial charge in [-0.15, -0.1) is 0 Å². The largest absolute Gasteiger partial charge is 0.324 e. The molecule has 0 aliphatic rings. The number of amides is 1. The topological polar surface area (TPSA) is 64.0 Å². The molecule has 0 saturated carbocycles. The molecule has 0 bridgehead atoms. The minimum absolute atomic E-state index is 0.0981. The van der Waals surface area contributed by atoms with Gasteiger partial charge in [-0.1, -0.05) is 29.4 Å². The Labute approximate surface area is 187 Å². The van der Waals surface area contributed by atoms with Gasteiger partial charge >= 0.3 is 0 Å². The molecule has 1 amide bonds. The highest BCUT2D eigenvalue weighted by Gasteiger charge is 2.21. The minimum Gasteiger partial charge on any atom is -0.324 e. The minimum atomic E-state index is -0.461. The molecule has 0 unspecified atom stereocenters. The van der Waals surface area contributed by atoms with Crippen LogP contribution in [0, 0.1) is 6.92 Å². The Balaban J connectivity index is 1.92. The molecule has 1 N–H and O–H groups in total. The van der Waals surface area contributed by atoms with Gasteiger partial charge < -0.3 is 5.32 Å².